The molecule has 0 fully saturated rings. The first-order valence-electron chi connectivity index (χ1n) is 6.84. The number of nitriles is 1. The number of benzene rings is 2. The van der Waals surface area contributed by atoms with Gasteiger partial charge in [0.05, 0.1) is 23.8 Å². The molecule has 5 heteroatoms. The summed E-state index contributed by atoms with van der Waals surface area (Å²) in [4.78, 5) is 12.9. The molecule has 0 aliphatic carbocycles. The van der Waals surface area contributed by atoms with Crippen LogP contribution in [0, 0.1) is 11.3 Å². The van der Waals surface area contributed by atoms with Gasteiger partial charge in [-0.05, 0) is 29.8 Å². The van der Waals surface area contributed by atoms with E-state index in [2.05, 4.69) is 11.4 Å². The van der Waals surface area contributed by atoms with Crippen LogP contribution in [-0.2, 0) is 5.75 Å². The van der Waals surface area contributed by atoms with Gasteiger partial charge in [-0.15, -0.1) is 11.8 Å². The van der Waals surface area contributed by atoms with Crippen molar-refractivity contribution >= 4 is 17.7 Å². The molecule has 22 heavy (non-hydrogen) atoms. The minimum atomic E-state index is -0.183. The number of nitrogens with one attached hydrogen (secondary N) is 1. The summed E-state index contributed by atoms with van der Waals surface area (Å²) in [5.74, 6) is 0.535. The van der Waals surface area contributed by atoms with E-state index in [0.29, 0.717) is 11.1 Å². The van der Waals surface area contributed by atoms with Gasteiger partial charge in [0.1, 0.15) is 0 Å². The maximum absolute atomic E-state index is 12.0. The van der Waals surface area contributed by atoms with Crippen LogP contribution in [0.5, 0.6) is 0 Å². The third-order valence-corrected chi connectivity index (χ3v) is 4.15. The lowest BCUT2D eigenvalue weighted by Crippen LogP contribution is -2.26. The number of carbonyl (C=O) groups excluding carboxylic acids is 1. The molecule has 0 saturated heterocycles. The molecular formula is C17H16N2O2S. The summed E-state index contributed by atoms with van der Waals surface area (Å²) >= 11 is 1.57. The number of rotatable bonds is 6. The third kappa shape index (κ3) is 4.35. The molecule has 0 aliphatic heterocycles. The van der Waals surface area contributed by atoms with E-state index in [-0.39, 0.29) is 19.1 Å². The first kappa shape index (κ1) is 16.1. The second kappa shape index (κ2) is 8.23. The second-order valence-electron chi connectivity index (χ2n) is 4.57. The Hall–Kier alpha value is -2.29. The highest BCUT2D eigenvalue weighted by Gasteiger charge is 2.10. The smallest absolute Gasteiger partial charge is 0.252 e. The zero-order valence-corrected chi connectivity index (χ0v) is 12.8. The molecule has 0 aromatic heterocycles. The molecule has 1 amide bonds. The Morgan fingerprint density at radius 3 is 2.59 bits per heavy atom. The molecule has 2 rings (SSSR count). The summed E-state index contributed by atoms with van der Waals surface area (Å²) in [6.45, 7) is 0.166. The Morgan fingerprint density at radius 1 is 1.18 bits per heavy atom. The van der Waals surface area contributed by atoms with Gasteiger partial charge < -0.3 is 10.4 Å². The molecule has 2 N–H and O–H groups in total. The largest absolute Gasteiger partial charge is 0.395 e. The molecule has 0 spiro atoms. The van der Waals surface area contributed by atoms with Crippen molar-refractivity contribution < 1.29 is 9.90 Å². The molecule has 112 valence electrons. The predicted octanol–water partition coefficient (Wildman–Crippen LogP) is 2.57. The van der Waals surface area contributed by atoms with Crippen molar-refractivity contribution in [1.82, 2.24) is 5.32 Å². The van der Waals surface area contributed by atoms with Gasteiger partial charge in [-0.1, -0.05) is 24.3 Å². The Kier molecular flexibility index (Phi) is 6.01. The molecule has 0 heterocycles. The number of hydrogen-bond acceptors (Lipinski definition) is 4. The molecule has 0 unspecified atom stereocenters. The molecular weight excluding hydrogens is 296 g/mol. The molecule has 0 aliphatic rings. The lowest BCUT2D eigenvalue weighted by molar-refractivity contribution is 0.0942. The average Bonchev–Trinajstić information content (AvgIpc) is 2.58. The van der Waals surface area contributed by atoms with Crippen molar-refractivity contribution in [3.05, 3.63) is 65.2 Å². The van der Waals surface area contributed by atoms with Crippen molar-refractivity contribution in [2.75, 3.05) is 13.2 Å². The number of carbonyl (C=O) groups is 1. The van der Waals surface area contributed by atoms with Gasteiger partial charge in [-0.3, -0.25) is 4.79 Å². The van der Waals surface area contributed by atoms with E-state index in [1.165, 1.54) is 0 Å². The Bertz CT molecular complexity index is 678. The quantitative estimate of drug-likeness (QED) is 0.804. The molecule has 2 aromatic rings. The Labute approximate surface area is 133 Å². The number of amides is 1. The van der Waals surface area contributed by atoms with Crippen molar-refractivity contribution in [3.8, 4) is 6.07 Å². The lowest BCUT2D eigenvalue weighted by Gasteiger charge is -2.09. The lowest BCUT2D eigenvalue weighted by atomic mass is 10.2. The van der Waals surface area contributed by atoms with Gasteiger partial charge >= 0.3 is 0 Å². The van der Waals surface area contributed by atoms with Crippen LogP contribution >= 0.6 is 11.8 Å². The SMILES string of the molecule is N#Cc1ccc(CSc2ccccc2C(=O)NCCO)cc1. The number of aliphatic hydroxyl groups excluding tert-OH is 1. The molecule has 0 bridgehead atoms. The van der Waals surface area contributed by atoms with E-state index in [1.807, 2.05) is 30.3 Å². The molecule has 0 saturated carbocycles. The first-order chi connectivity index (χ1) is 10.7. The van der Waals surface area contributed by atoms with Crippen LogP contribution < -0.4 is 5.32 Å². The Morgan fingerprint density at radius 2 is 1.91 bits per heavy atom. The molecule has 2 aromatic carbocycles. The van der Waals surface area contributed by atoms with Gasteiger partial charge in [0.2, 0.25) is 0 Å². The summed E-state index contributed by atoms with van der Waals surface area (Å²) in [6, 6.07) is 16.9. The van der Waals surface area contributed by atoms with E-state index >= 15 is 0 Å². The zero-order chi connectivity index (χ0) is 15.8. The summed E-state index contributed by atoms with van der Waals surface area (Å²) < 4.78 is 0. The molecule has 0 atom stereocenters. The van der Waals surface area contributed by atoms with Gasteiger partial charge in [-0.25, -0.2) is 0 Å². The van der Waals surface area contributed by atoms with Gasteiger partial charge in [0.15, 0.2) is 0 Å². The van der Waals surface area contributed by atoms with Crippen LogP contribution in [0.2, 0.25) is 0 Å². The van der Waals surface area contributed by atoms with Gasteiger partial charge in [0.25, 0.3) is 5.91 Å². The van der Waals surface area contributed by atoms with Gasteiger partial charge in [-0.2, -0.15) is 5.26 Å². The number of thioether (sulfide) groups is 1. The number of nitrogens with zero attached hydrogens (tertiary/aromatic N) is 1. The fraction of sp³-hybridized carbons (Fsp3) is 0.176. The van der Waals surface area contributed by atoms with Crippen LogP contribution in [0.25, 0.3) is 0 Å². The highest BCUT2D eigenvalue weighted by molar-refractivity contribution is 7.98. The fourth-order valence-corrected chi connectivity index (χ4v) is 2.89. The normalized spacial score (nSPS) is 10.0. The Balaban J connectivity index is 2.06. The molecule has 0 radical (unpaired) electrons. The van der Waals surface area contributed by atoms with Crippen molar-refractivity contribution in [1.29, 1.82) is 5.26 Å². The first-order valence-corrected chi connectivity index (χ1v) is 7.83. The highest BCUT2D eigenvalue weighted by atomic mass is 32.2. The predicted molar refractivity (Wildman–Crippen MR) is 86.6 cm³/mol. The highest BCUT2D eigenvalue weighted by Crippen LogP contribution is 2.26. The fourth-order valence-electron chi connectivity index (χ4n) is 1.88. The summed E-state index contributed by atoms with van der Waals surface area (Å²) in [5, 5.41) is 20.2. The van der Waals surface area contributed by atoms with Crippen LogP contribution in [-0.4, -0.2) is 24.2 Å². The number of aliphatic hydroxyl groups is 1. The zero-order valence-electron chi connectivity index (χ0n) is 12.0. The standard InChI is InChI=1S/C17H16N2O2S/c18-11-13-5-7-14(8-6-13)12-22-16-4-2-1-3-15(16)17(21)19-9-10-20/h1-8,20H,9-10,12H2,(H,19,21). The number of hydrogen-bond donors (Lipinski definition) is 2. The van der Waals surface area contributed by atoms with Gasteiger partial charge in [0, 0.05) is 17.2 Å². The van der Waals surface area contributed by atoms with E-state index in [0.717, 1.165) is 16.2 Å². The summed E-state index contributed by atoms with van der Waals surface area (Å²) in [7, 11) is 0. The monoisotopic (exact) mass is 312 g/mol. The van der Waals surface area contributed by atoms with E-state index < -0.39 is 0 Å². The van der Waals surface area contributed by atoms with Crippen LogP contribution in [0.15, 0.2) is 53.4 Å². The van der Waals surface area contributed by atoms with Crippen molar-refractivity contribution in [2.24, 2.45) is 0 Å². The molecule has 4 nitrogen and oxygen atoms in total. The van der Waals surface area contributed by atoms with Crippen LogP contribution in [0.1, 0.15) is 21.5 Å². The van der Waals surface area contributed by atoms with Crippen molar-refractivity contribution in [3.63, 3.8) is 0 Å². The minimum absolute atomic E-state index is 0.0771. The van der Waals surface area contributed by atoms with E-state index in [4.69, 9.17) is 10.4 Å². The van der Waals surface area contributed by atoms with E-state index in [1.54, 1.807) is 30.0 Å². The van der Waals surface area contributed by atoms with Crippen LogP contribution in [0.4, 0.5) is 0 Å². The maximum Gasteiger partial charge on any atom is 0.252 e. The second-order valence-corrected chi connectivity index (χ2v) is 5.59. The summed E-state index contributed by atoms with van der Waals surface area (Å²) in [5.41, 5.74) is 2.33. The maximum atomic E-state index is 12.0. The third-order valence-electron chi connectivity index (χ3n) is 3.01. The topological polar surface area (TPSA) is 73.1 Å². The summed E-state index contributed by atoms with van der Waals surface area (Å²) in [6.07, 6.45) is 0. The van der Waals surface area contributed by atoms with Crippen molar-refractivity contribution in [2.45, 2.75) is 10.6 Å². The van der Waals surface area contributed by atoms with Crippen LogP contribution in [0.3, 0.4) is 0 Å². The average molecular weight is 312 g/mol. The minimum Gasteiger partial charge on any atom is -0.395 e. The van der Waals surface area contributed by atoms with E-state index in [9.17, 15) is 4.79 Å².